The molecule has 0 atom stereocenters. The average Bonchev–Trinajstić information content (AvgIpc) is 3.64. The molecule has 0 radical (unpaired) electrons. The van der Waals surface area contributed by atoms with E-state index < -0.39 is 33.2 Å². The molecule has 2 heterocycles. The van der Waals surface area contributed by atoms with Gasteiger partial charge in [0, 0.05) is 38.3 Å². The molecule has 0 saturated carbocycles. The molecular weight excluding hydrogens is 648 g/mol. The van der Waals surface area contributed by atoms with Gasteiger partial charge in [0.1, 0.15) is 11.2 Å². The molecule has 4 rings (SSSR count). The SMILES string of the molecule is CC(C)(C)OC(=O)NCCN.CC(C)(C)OC(=O)NCCNc1ccc([N+](=O)[O-])c2nonc12.O=[N+]([O-])c1ccc(Cl)c2nonc12. The van der Waals surface area contributed by atoms with Gasteiger partial charge in [-0.3, -0.25) is 20.2 Å². The van der Waals surface area contributed by atoms with Gasteiger partial charge in [-0.1, -0.05) is 11.6 Å². The Kier molecular flexibility index (Phi) is 13.5. The van der Waals surface area contributed by atoms with Crippen molar-refractivity contribution in [1.29, 1.82) is 0 Å². The summed E-state index contributed by atoms with van der Waals surface area (Å²) in [6, 6.07) is 5.47. The van der Waals surface area contributed by atoms with Crippen molar-refractivity contribution in [1.82, 2.24) is 31.3 Å². The van der Waals surface area contributed by atoms with Gasteiger partial charge in [-0.05, 0) is 74.3 Å². The van der Waals surface area contributed by atoms with Gasteiger partial charge in [-0.25, -0.2) is 18.8 Å². The van der Waals surface area contributed by atoms with Crippen LogP contribution in [-0.2, 0) is 9.47 Å². The summed E-state index contributed by atoms with van der Waals surface area (Å²) in [5.74, 6) is 0. The van der Waals surface area contributed by atoms with Crippen molar-refractivity contribution in [3.8, 4) is 0 Å². The second kappa shape index (κ2) is 16.8. The Labute approximate surface area is 271 Å². The first-order valence-corrected chi connectivity index (χ1v) is 14.1. The number of nitrogens with one attached hydrogen (secondary N) is 3. The molecule has 2 amide bonds. The number of hydrogen-bond acceptors (Lipinski definition) is 16. The summed E-state index contributed by atoms with van der Waals surface area (Å²) in [6.45, 7) is 12.3. The molecule has 2 aromatic carbocycles. The Morgan fingerprint density at radius 2 is 1.21 bits per heavy atom. The largest absolute Gasteiger partial charge is 0.444 e. The first kappa shape index (κ1) is 37.8. The average molecular weight is 683 g/mol. The normalized spacial score (nSPS) is 11.0. The standard InChI is InChI=1S/C13H17N5O5.C7H16N2O2.C6H2ClN3O3/c1-13(2,3)22-12(19)15-7-6-14-8-4-5-9(18(20)21)11-10(8)16-23-17-11;1-7(2,3)11-6(10)9-5-4-8;7-3-1-2-4(10(11)12)6-5(3)8-13-9-6/h4-5,14H,6-7H2,1-3H3,(H,15,19);4-5,8H2,1-3H3,(H,9,10);1-2H. The van der Waals surface area contributed by atoms with Crippen molar-refractivity contribution in [3.05, 3.63) is 49.5 Å². The van der Waals surface area contributed by atoms with Gasteiger partial charge in [-0.15, -0.1) is 0 Å². The van der Waals surface area contributed by atoms with Gasteiger partial charge in [0.15, 0.2) is 11.0 Å². The highest BCUT2D eigenvalue weighted by Gasteiger charge is 2.20. The number of alkyl carbamates (subject to hydrolysis) is 2. The zero-order valence-corrected chi connectivity index (χ0v) is 27.1. The number of fused-ring (bicyclic) bond motifs is 2. The van der Waals surface area contributed by atoms with E-state index in [0.717, 1.165) is 0 Å². The summed E-state index contributed by atoms with van der Waals surface area (Å²) in [7, 11) is 0. The Bertz CT molecular complexity index is 1680. The predicted molar refractivity (Wildman–Crippen MR) is 168 cm³/mol. The maximum Gasteiger partial charge on any atom is 0.407 e. The summed E-state index contributed by atoms with van der Waals surface area (Å²) in [5.41, 5.74) is 4.96. The number of nitrogens with two attached hydrogens (primary N) is 1. The lowest BCUT2D eigenvalue weighted by molar-refractivity contribution is -0.383. The Morgan fingerprint density at radius 3 is 1.70 bits per heavy atom. The molecular formula is C26H35ClN10O10. The molecule has 0 spiro atoms. The highest BCUT2D eigenvalue weighted by molar-refractivity contribution is 6.35. The van der Waals surface area contributed by atoms with Crippen LogP contribution in [0.4, 0.5) is 26.7 Å². The number of halogens is 1. The number of nitrogens with zero attached hydrogens (tertiary/aromatic N) is 6. The number of non-ortho nitro benzene ring substituents is 2. The maximum atomic E-state index is 11.5. The van der Waals surface area contributed by atoms with Crippen molar-refractivity contribution in [2.75, 3.05) is 31.5 Å². The fourth-order valence-corrected chi connectivity index (χ4v) is 3.47. The van der Waals surface area contributed by atoms with Gasteiger partial charge >= 0.3 is 23.6 Å². The van der Waals surface area contributed by atoms with Gasteiger partial charge < -0.3 is 31.2 Å². The number of ether oxygens (including phenoxy) is 2. The van der Waals surface area contributed by atoms with Crippen LogP contribution in [0.3, 0.4) is 0 Å². The smallest absolute Gasteiger partial charge is 0.407 e. The molecule has 0 fully saturated rings. The number of aromatic nitrogens is 4. The lowest BCUT2D eigenvalue weighted by atomic mass is 10.2. The lowest BCUT2D eigenvalue weighted by Crippen LogP contribution is -2.35. The topological polar surface area (TPSA) is 279 Å². The van der Waals surface area contributed by atoms with Crippen LogP contribution >= 0.6 is 11.6 Å². The molecule has 256 valence electrons. The third-order valence-electron chi connectivity index (χ3n) is 5.05. The van der Waals surface area contributed by atoms with E-state index in [2.05, 4.69) is 45.8 Å². The van der Waals surface area contributed by atoms with Gasteiger partial charge in [0.25, 0.3) is 0 Å². The number of carbonyl (C=O) groups is 2. The molecule has 21 heteroatoms. The second-order valence-electron chi connectivity index (χ2n) is 11.2. The highest BCUT2D eigenvalue weighted by atomic mass is 35.5. The van der Waals surface area contributed by atoms with Crippen molar-refractivity contribution in [2.45, 2.75) is 52.7 Å². The number of amides is 2. The predicted octanol–water partition coefficient (Wildman–Crippen LogP) is 4.32. The van der Waals surface area contributed by atoms with E-state index in [4.69, 9.17) is 26.8 Å². The molecule has 0 aliphatic carbocycles. The number of benzene rings is 2. The monoisotopic (exact) mass is 682 g/mol. The molecule has 0 saturated heterocycles. The van der Waals surface area contributed by atoms with E-state index in [1.165, 1.54) is 24.3 Å². The van der Waals surface area contributed by atoms with Crippen molar-refractivity contribution in [2.24, 2.45) is 5.73 Å². The summed E-state index contributed by atoms with van der Waals surface area (Å²) < 4.78 is 18.9. The number of nitro benzene ring substituents is 2. The molecule has 0 bridgehead atoms. The number of rotatable bonds is 8. The Balaban J connectivity index is 0.000000270. The Morgan fingerprint density at radius 1 is 0.766 bits per heavy atom. The number of carbonyl (C=O) groups excluding carboxylic acids is 2. The van der Waals surface area contributed by atoms with Gasteiger partial charge in [0.05, 0.1) is 20.6 Å². The molecule has 20 nitrogen and oxygen atoms in total. The van der Waals surface area contributed by atoms with Crippen LogP contribution in [0.25, 0.3) is 22.1 Å². The molecule has 2 aromatic heterocycles. The van der Waals surface area contributed by atoms with E-state index in [-0.39, 0.29) is 38.5 Å². The molecule has 0 unspecified atom stereocenters. The van der Waals surface area contributed by atoms with E-state index in [0.29, 0.717) is 31.9 Å². The molecule has 4 aromatic rings. The molecule has 5 N–H and O–H groups in total. The van der Waals surface area contributed by atoms with E-state index in [1.807, 2.05) is 20.8 Å². The maximum absolute atomic E-state index is 11.5. The van der Waals surface area contributed by atoms with Crippen LogP contribution in [0.2, 0.25) is 5.02 Å². The summed E-state index contributed by atoms with van der Waals surface area (Å²) in [6.07, 6.45) is -0.931. The van der Waals surface area contributed by atoms with Crippen LogP contribution in [0, 0.1) is 20.2 Å². The van der Waals surface area contributed by atoms with Gasteiger partial charge in [-0.2, -0.15) is 0 Å². The first-order chi connectivity index (χ1) is 21.9. The number of nitro groups is 2. The third-order valence-corrected chi connectivity index (χ3v) is 5.36. The van der Waals surface area contributed by atoms with Crippen LogP contribution in [0.5, 0.6) is 0 Å². The Hall–Kier alpha value is -5.37. The summed E-state index contributed by atoms with van der Waals surface area (Å²) in [5, 5.41) is 43.8. The van der Waals surface area contributed by atoms with Crippen LogP contribution < -0.4 is 21.7 Å². The van der Waals surface area contributed by atoms with Crippen LogP contribution in [0.1, 0.15) is 41.5 Å². The third kappa shape index (κ3) is 12.5. The van der Waals surface area contributed by atoms with E-state index in [9.17, 15) is 29.8 Å². The van der Waals surface area contributed by atoms with Crippen LogP contribution in [0.15, 0.2) is 33.5 Å². The molecule has 0 aliphatic rings. The summed E-state index contributed by atoms with van der Waals surface area (Å²) >= 11 is 5.69. The fourth-order valence-electron chi connectivity index (χ4n) is 3.28. The zero-order chi connectivity index (χ0) is 35.4. The van der Waals surface area contributed by atoms with Crippen molar-refractivity contribution in [3.63, 3.8) is 0 Å². The quantitative estimate of drug-likeness (QED) is 0.114. The van der Waals surface area contributed by atoms with Crippen LogP contribution in [-0.4, -0.2) is 80.0 Å². The van der Waals surface area contributed by atoms with Crippen molar-refractivity contribution < 1.29 is 38.2 Å². The minimum atomic E-state index is -0.567. The fraction of sp³-hybridized carbons (Fsp3) is 0.462. The highest BCUT2D eigenvalue weighted by Crippen LogP contribution is 2.29. The summed E-state index contributed by atoms with van der Waals surface area (Å²) in [4.78, 5) is 42.6. The second-order valence-corrected chi connectivity index (χ2v) is 11.6. The molecule has 47 heavy (non-hydrogen) atoms. The minimum Gasteiger partial charge on any atom is -0.444 e. The molecule has 0 aliphatic heterocycles. The lowest BCUT2D eigenvalue weighted by Gasteiger charge is -2.19. The first-order valence-electron chi connectivity index (χ1n) is 13.8. The number of anilines is 1. The number of hydrogen-bond donors (Lipinski definition) is 4. The van der Waals surface area contributed by atoms with E-state index in [1.54, 1.807) is 20.8 Å². The van der Waals surface area contributed by atoms with Gasteiger partial charge in [0.2, 0.25) is 11.0 Å². The van der Waals surface area contributed by atoms with E-state index >= 15 is 0 Å². The minimum absolute atomic E-state index is 0.0671. The van der Waals surface area contributed by atoms with Crippen molar-refractivity contribution >= 4 is 62.9 Å². The zero-order valence-electron chi connectivity index (χ0n) is 26.4.